The summed E-state index contributed by atoms with van der Waals surface area (Å²) in [5.74, 6) is 1.44. The summed E-state index contributed by atoms with van der Waals surface area (Å²) in [4.78, 5) is 5.84. The van der Waals surface area contributed by atoms with Crippen LogP contribution in [-0.2, 0) is 6.54 Å². The molecule has 1 atom stereocenters. The Hall–Kier alpha value is -1.45. The summed E-state index contributed by atoms with van der Waals surface area (Å²) in [5.41, 5.74) is 0.935. The van der Waals surface area contributed by atoms with Crippen LogP contribution in [0.4, 0.5) is 13.2 Å². The van der Waals surface area contributed by atoms with Gasteiger partial charge in [0.1, 0.15) is 0 Å². The van der Waals surface area contributed by atoms with Crippen LogP contribution in [-0.4, -0.2) is 46.9 Å². The molecular weight excluding hydrogens is 353 g/mol. The van der Waals surface area contributed by atoms with E-state index in [1.54, 1.807) is 11.3 Å². The van der Waals surface area contributed by atoms with Gasteiger partial charge in [-0.1, -0.05) is 5.16 Å². The first-order valence-corrected chi connectivity index (χ1v) is 9.22. The Labute approximate surface area is 148 Å². The summed E-state index contributed by atoms with van der Waals surface area (Å²) < 4.78 is 42.5. The van der Waals surface area contributed by atoms with Crippen LogP contribution in [0.25, 0.3) is 11.4 Å². The van der Waals surface area contributed by atoms with Crippen LogP contribution in [0, 0.1) is 5.92 Å². The minimum atomic E-state index is -4.12. The van der Waals surface area contributed by atoms with Crippen molar-refractivity contribution in [2.75, 3.05) is 19.6 Å². The average Bonchev–Trinajstić information content (AvgIpc) is 3.23. The summed E-state index contributed by atoms with van der Waals surface area (Å²) in [5, 5.41) is 11.2. The van der Waals surface area contributed by atoms with Gasteiger partial charge in [0.15, 0.2) is 0 Å². The predicted molar refractivity (Wildman–Crippen MR) is 89.1 cm³/mol. The van der Waals surface area contributed by atoms with Crippen LogP contribution < -0.4 is 5.32 Å². The molecule has 0 saturated carbocycles. The van der Waals surface area contributed by atoms with Gasteiger partial charge in [-0.05, 0) is 50.2 Å². The fraction of sp³-hybridized carbons (Fsp3) is 0.625. The largest absolute Gasteiger partial charge is 0.401 e. The summed E-state index contributed by atoms with van der Waals surface area (Å²) in [6, 6.07) is 2.12. The first-order valence-electron chi connectivity index (χ1n) is 8.28. The molecule has 0 amide bonds. The van der Waals surface area contributed by atoms with Gasteiger partial charge in [-0.15, -0.1) is 0 Å². The van der Waals surface area contributed by atoms with Crippen molar-refractivity contribution < 1.29 is 17.7 Å². The highest BCUT2D eigenvalue weighted by Crippen LogP contribution is 2.24. The Morgan fingerprint density at radius 2 is 2.16 bits per heavy atom. The highest BCUT2D eigenvalue weighted by Gasteiger charge is 2.33. The zero-order chi connectivity index (χ0) is 17.9. The van der Waals surface area contributed by atoms with E-state index < -0.39 is 12.7 Å². The van der Waals surface area contributed by atoms with E-state index in [0.717, 1.165) is 18.4 Å². The molecule has 1 N–H and O–H groups in total. The van der Waals surface area contributed by atoms with Crippen molar-refractivity contribution in [2.45, 2.75) is 38.5 Å². The lowest BCUT2D eigenvalue weighted by Crippen LogP contribution is -2.44. The molecule has 5 nitrogen and oxygen atoms in total. The second kappa shape index (κ2) is 7.84. The Balaban J connectivity index is 1.43. The predicted octanol–water partition coefficient (Wildman–Crippen LogP) is 3.55. The zero-order valence-corrected chi connectivity index (χ0v) is 14.7. The topological polar surface area (TPSA) is 54.2 Å². The van der Waals surface area contributed by atoms with Crippen molar-refractivity contribution >= 4 is 11.3 Å². The van der Waals surface area contributed by atoms with E-state index in [1.165, 1.54) is 4.90 Å². The molecule has 0 bridgehead atoms. The maximum absolute atomic E-state index is 12.4. The van der Waals surface area contributed by atoms with Gasteiger partial charge < -0.3 is 9.84 Å². The Bertz CT molecular complexity index is 651. The van der Waals surface area contributed by atoms with E-state index in [4.69, 9.17) is 4.52 Å². The number of nitrogens with zero attached hydrogens (tertiary/aromatic N) is 3. The number of hydrogen-bond acceptors (Lipinski definition) is 6. The molecule has 3 heterocycles. The van der Waals surface area contributed by atoms with E-state index in [-0.39, 0.29) is 6.04 Å². The molecular formula is C16H21F3N4OS. The van der Waals surface area contributed by atoms with Gasteiger partial charge in [0.2, 0.25) is 11.7 Å². The number of alkyl halides is 3. The van der Waals surface area contributed by atoms with Gasteiger partial charge in [-0.3, -0.25) is 4.90 Å². The van der Waals surface area contributed by atoms with Crippen LogP contribution in [0.2, 0.25) is 0 Å². The van der Waals surface area contributed by atoms with Crippen molar-refractivity contribution in [3.05, 3.63) is 22.7 Å². The second-order valence-corrected chi connectivity index (χ2v) is 7.20. The number of rotatable bonds is 6. The first kappa shape index (κ1) is 18.3. The molecule has 1 unspecified atom stereocenters. The Morgan fingerprint density at radius 3 is 2.80 bits per heavy atom. The SMILES string of the molecule is CC(NCc1nc(-c2ccsc2)no1)C1CCN(CC(F)(F)F)CC1. The molecule has 1 aliphatic heterocycles. The fourth-order valence-electron chi connectivity index (χ4n) is 3.12. The highest BCUT2D eigenvalue weighted by molar-refractivity contribution is 7.08. The highest BCUT2D eigenvalue weighted by atomic mass is 32.1. The van der Waals surface area contributed by atoms with E-state index in [0.29, 0.717) is 37.3 Å². The van der Waals surface area contributed by atoms with E-state index in [9.17, 15) is 13.2 Å². The van der Waals surface area contributed by atoms with Crippen LogP contribution in [0.15, 0.2) is 21.3 Å². The maximum Gasteiger partial charge on any atom is 0.401 e. The summed E-state index contributed by atoms with van der Waals surface area (Å²) >= 11 is 1.57. The lowest BCUT2D eigenvalue weighted by molar-refractivity contribution is -0.148. The molecule has 2 aromatic heterocycles. The van der Waals surface area contributed by atoms with Gasteiger partial charge in [0.05, 0.1) is 13.1 Å². The third kappa shape index (κ3) is 5.26. The first-order chi connectivity index (χ1) is 11.9. The number of halogens is 3. The lowest BCUT2D eigenvalue weighted by Gasteiger charge is -2.35. The summed E-state index contributed by atoms with van der Waals surface area (Å²) in [6.07, 6.45) is -2.60. The molecule has 1 saturated heterocycles. The fourth-order valence-corrected chi connectivity index (χ4v) is 3.75. The molecule has 9 heteroatoms. The molecule has 0 aromatic carbocycles. The number of aromatic nitrogens is 2. The van der Waals surface area contributed by atoms with Gasteiger partial charge in [-0.2, -0.15) is 29.5 Å². The minimum absolute atomic E-state index is 0.185. The quantitative estimate of drug-likeness (QED) is 0.838. The number of nitrogens with one attached hydrogen (secondary N) is 1. The van der Waals surface area contributed by atoms with Crippen molar-refractivity contribution in [2.24, 2.45) is 5.92 Å². The summed E-state index contributed by atoms with van der Waals surface area (Å²) in [6.45, 7) is 2.67. The van der Waals surface area contributed by atoms with E-state index in [1.807, 2.05) is 16.8 Å². The smallest absolute Gasteiger partial charge is 0.338 e. The number of thiophene rings is 1. The molecule has 25 heavy (non-hydrogen) atoms. The third-order valence-electron chi connectivity index (χ3n) is 4.56. The van der Waals surface area contributed by atoms with Gasteiger partial charge in [0, 0.05) is 17.0 Å². The van der Waals surface area contributed by atoms with E-state index >= 15 is 0 Å². The van der Waals surface area contributed by atoms with Crippen molar-refractivity contribution in [1.82, 2.24) is 20.4 Å². The van der Waals surface area contributed by atoms with Crippen LogP contribution in [0.5, 0.6) is 0 Å². The summed E-state index contributed by atoms with van der Waals surface area (Å²) in [7, 11) is 0. The monoisotopic (exact) mass is 374 g/mol. The normalized spacial score (nSPS) is 18.6. The number of likely N-dealkylation sites (tertiary alicyclic amines) is 1. The molecule has 1 aliphatic rings. The van der Waals surface area contributed by atoms with E-state index in [2.05, 4.69) is 22.4 Å². The number of hydrogen-bond donors (Lipinski definition) is 1. The molecule has 1 fully saturated rings. The van der Waals surface area contributed by atoms with Crippen molar-refractivity contribution in [3.8, 4) is 11.4 Å². The molecule has 0 radical (unpaired) electrons. The van der Waals surface area contributed by atoms with Crippen LogP contribution in [0.1, 0.15) is 25.7 Å². The standard InChI is InChI=1S/C16H21F3N4OS/c1-11(12-2-5-23(6-3-12)10-16(17,18)19)20-8-14-21-15(22-24-14)13-4-7-25-9-13/h4,7,9,11-12,20H,2-3,5-6,8,10H2,1H3. The van der Waals surface area contributed by atoms with Crippen LogP contribution >= 0.6 is 11.3 Å². The Kier molecular flexibility index (Phi) is 5.75. The molecule has 0 spiro atoms. The van der Waals surface area contributed by atoms with Gasteiger partial charge in [0.25, 0.3) is 0 Å². The minimum Gasteiger partial charge on any atom is -0.338 e. The molecule has 3 rings (SSSR count). The molecule has 138 valence electrons. The van der Waals surface area contributed by atoms with Crippen molar-refractivity contribution in [1.29, 1.82) is 0 Å². The molecule has 0 aliphatic carbocycles. The van der Waals surface area contributed by atoms with Gasteiger partial charge >= 0.3 is 6.18 Å². The number of piperidine rings is 1. The third-order valence-corrected chi connectivity index (χ3v) is 5.25. The molecule has 2 aromatic rings. The van der Waals surface area contributed by atoms with Gasteiger partial charge in [-0.25, -0.2) is 0 Å². The average molecular weight is 374 g/mol. The Morgan fingerprint density at radius 1 is 1.40 bits per heavy atom. The van der Waals surface area contributed by atoms with Crippen LogP contribution in [0.3, 0.4) is 0 Å². The zero-order valence-electron chi connectivity index (χ0n) is 13.9. The second-order valence-electron chi connectivity index (χ2n) is 6.42. The maximum atomic E-state index is 12.4. The van der Waals surface area contributed by atoms with Crippen molar-refractivity contribution in [3.63, 3.8) is 0 Å². The lowest BCUT2D eigenvalue weighted by atomic mass is 9.90.